The molecule has 1 aliphatic heterocycles. The van der Waals surface area contributed by atoms with E-state index < -0.39 is 11.6 Å². The van der Waals surface area contributed by atoms with Gasteiger partial charge in [0.15, 0.2) is 11.4 Å². The topological polar surface area (TPSA) is 66.8 Å². The van der Waals surface area contributed by atoms with Crippen molar-refractivity contribution in [3.8, 4) is 5.75 Å². The number of aliphatic carboxylic acids is 1. The fraction of sp³-hybridized carbons (Fsp3) is 0.440. The summed E-state index contributed by atoms with van der Waals surface area (Å²) in [5.41, 5.74) is 2.30. The summed E-state index contributed by atoms with van der Waals surface area (Å²) in [5, 5.41) is 9.41. The van der Waals surface area contributed by atoms with Gasteiger partial charge in [-0.05, 0) is 69.8 Å². The van der Waals surface area contributed by atoms with Crippen molar-refractivity contribution in [1.82, 2.24) is 4.90 Å². The Labute approximate surface area is 188 Å². The van der Waals surface area contributed by atoms with Crippen molar-refractivity contribution in [2.45, 2.75) is 44.1 Å². The maximum absolute atomic E-state index is 13.4. The highest BCUT2D eigenvalue weighted by Crippen LogP contribution is 2.38. The van der Waals surface area contributed by atoms with Gasteiger partial charge in [0.25, 0.3) is 0 Å². The van der Waals surface area contributed by atoms with Crippen molar-refractivity contribution in [2.75, 3.05) is 26.4 Å². The molecule has 1 saturated heterocycles. The smallest absolute Gasteiger partial charge is 0.347 e. The Kier molecular flexibility index (Phi) is 6.82. The molecule has 5 nitrogen and oxygen atoms in total. The van der Waals surface area contributed by atoms with Crippen LogP contribution < -0.4 is 4.74 Å². The first-order valence-corrected chi connectivity index (χ1v) is 11.7. The first kappa shape index (κ1) is 23.4. The van der Waals surface area contributed by atoms with Crippen molar-refractivity contribution >= 4 is 23.5 Å². The van der Waals surface area contributed by atoms with Crippen LogP contribution >= 0.6 is 11.8 Å². The van der Waals surface area contributed by atoms with Crippen molar-refractivity contribution in [3.05, 3.63) is 58.7 Å². The molecule has 31 heavy (non-hydrogen) atoms. The fourth-order valence-electron chi connectivity index (χ4n) is 4.23. The molecule has 1 N–H and O–H groups in total. The molecule has 0 bridgehead atoms. The summed E-state index contributed by atoms with van der Waals surface area (Å²) in [5.74, 6) is -0.281. The molecule has 0 radical (unpaired) electrons. The predicted molar refractivity (Wildman–Crippen MR) is 125 cm³/mol. The highest BCUT2D eigenvalue weighted by molar-refractivity contribution is 7.98. The fourth-order valence-corrected chi connectivity index (χ4v) is 4.64. The SMILES string of the molecule is CSc1ccc(C(=O)[C@H]2CN(C)C[C@@H]2c2cc(C)c(OC(C)(C)C(=O)O)c(C)c2)cc1. The van der Waals surface area contributed by atoms with Crippen molar-refractivity contribution in [1.29, 1.82) is 0 Å². The first-order valence-electron chi connectivity index (χ1n) is 10.4. The Morgan fingerprint density at radius 3 is 2.19 bits per heavy atom. The second-order valence-corrected chi connectivity index (χ2v) is 9.81. The zero-order chi connectivity index (χ0) is 22.9. The van der Waals surface area contributed by atoms with Crippen LogP contribution in [0, 0.1) is 19.8 Å². The van der Waals surface area contributed by atoms with Gasteiger partial charge in [0.2, 0.25) is 0 Å². The molecule has 2 atom stereocenters. The predicted octanol–water partition coefficient (Wildman–Crippen LogP) is 4.80. The van der Waals surface area contributed by atoms with Gasteiger partial charge in [0.1, 0.15) is 5.75 Å². The number of aryl methyl sites for hydroxylation is 2. The van der Waals surface area contributed by atoms with Crippen LogP contribution in [-0.4, -0.2) is 53.8 Å². The summed E-state index contributed by atoms with van der Waals surface area (Å²) in [6.07, 6.45) is 2.02. The minimum Gasteiger partial charge on any atom is -0.478 e. The number of hydrogen-bond acceptors (Lipinski definition) is 5. The number of carboxylic acids is 1. The van der Waals surface area contributed by atoms with Crippen LogP contribution in [0.2, 0.25) is 0 Å². The van der Waals surface area contributed by atoms with E-state index in [-0.39, 0.29) is 17.6 Å². The first-order chi connectivity index (χ1) is 14.5. The van der Waals surface area contributed by atoms with Gasteiger partial charge in [0.05, 0.1) is 0 Å². The van der Waals surface area contributed by atoms with Crippen molar-refractivity contribution in [3.63, 3.8) is 0 Å². The number of benzene rings is 2. The third-order valence-electron chi connectivity index (χ3n) is 6.00. The summed E-state index contributed by atoms with van der Waals surface area (Å²) in [4.78, 5) is 28.2. The highest BCUT2D eigenvalue weighted by atomic mass is 32.2. The normalized spacial score (nSPS) is 19.4. The quantitative estimate of drug-likeness (QED) is 0.492. The minimum atomic E-state index is -1.31. The van der Waals surface area contributed by atoms with E-state index in [4.69, 9.17) is 4.74 Å². The standard InChI is InChI=1S/C25H31NO4S/c1-15-11-18(12-16(2)23(15)30-25(3,4)24(28)29)20-13-26(5)14-21(20)22(27)17-7-9-19(31-6)10-8-17/h7-12,20-21H,13-14H2,1-6H3,(H,28,29)/t20-,21+/m1/s1. The molecular weight excluding hydrogens is 410 g/mol. The summed E-state index contributed by atoms with van der Waals surface area (Å²) in [6.45, 7) is 8.48. The molecule has 0 amide bonds. The number of rotatable bonds is 7. The molecular formula is C25H31NO4S. The lowest BCUT2D eigenvalue weighted by atomic mass is 9.82. The number of carbonyl (C=O) groups excluding carboxylic acids is 1. The number of likely N-dealkylation sites (N-methyl/N-ethyl adjacent to an activating group) is 1. The summed E-state index contributed by atoms with van der Waals surface area (Å²) < 4.78 is 5.85. The molecule has 2 aromatic rings. The molecule has 6 heteroatoms. The lowest BCUT2D eigenvalue weighted by Gasteiger charge is -2.26. The molecule has 0 spiro atoms. The third-order valence-corrected chi connectivity index (χ3v) is 6.74. The van der Waals surface area contributed by atoms with Gasteiger partial charge in [-0.25, -0.2) is 4.79 Å². The summed E-state index contributed by atoms with van der Waals surface area (Å²) in [6, 6.07) is 11.9. The molecule has 1 fully saturated rings. The second-order valence-electron chi connectivity index (χ2n) is 8.93. The number of Topliss-reactive ketones (excluding diaryl/α,β-unsaturated/α-hetero) is 1. The Bertz CT molecular complexity index is 961. The lowest BCUT2D eigenvalue weighted by Crippen LogP contribution is -2.38. The maximum Gasteiger partial charge on any atom is 0.347 e. The minimum absolute atomic E-state index is 0.0802. The largest absolute Gasteiger partial charge is 0.478 e. The average Bonchev–Trinajstić information content (AvgIpc) is 3.11. The van der Waals surface area contributed by atoms with E-state index in [9.17, 15) is 14.7 Å². The van der Waals surface area contributed by atoms with Crippen molar-refractivity contribution in [2.24, 2.45) is 5.92 Å². The van der Waals surface area contributed by atoms with E-state index in [1.165, 1.54) is 0 Å². The van der Waals surface area contributed by atoms with Gasteiger partial charge in [-0.15, -0.1) is 11.8 Å². The van der Waals surface area contributed by atoms with Crippen LogP contribution in [0.3, 0.4) is 0 Å². The molecule has 0 aliphatic carbocycles. The number of carbonyl (C=O) groups is 2. The summed E-state index contributed by atoms with van der Waals surface area (Å²) in [7, 11) is 2.05. The number of thioether (sulfide) groups is 1. The molecule has 166 valence electrons. The number of ketones is 1. The third kappa shape index (κ3) is 4.96. The molecule has 2 aromatic carbocycles. The van der Waals surface area contributed by atoms with Crippen LogP contribution in [0.5, 0.6) is 5.75 Å². The van der Waals surface area contributed by atoms with Crippen LogP contribution in [0.15, 0.2) is 41.3 Å². The zero-order valence-corrected chi connectivity index (χ0v) is 19.9. The van der Waals surface area contributed by atoms with E-state index in [0.29, 0.717) is 5.75 Å². The monoisotopic (exact) mass is 441 g/mol. The molecule has 0 saturated carbocycles. The van der Waals surface area contributed by atoms with Gasteiger partial charge in [0, 0.05) is 35.4 Å². The Hall–Kier alpha value is -2.31. The maximum atomic E-state index is 13.4. The number of likely N-dealkylation sites (tertiary alicyclic amines) is 1. The van der Waals surface area contributed by atoms with E-state index in [0.717, 1.165) is 40.2 Å². The Balaban J connectivity index is 1.91. The molecule has 1 heterocycles. The highest BCUT2D eigenvalue weighted by Gasteiger charge is 2.38. The second kappa shape index (κ2) is 9.05. The Morgan fingerprint density at radius 1 is 1.10 bits per heavy atom. The molecule has 1 aliphatic rings. The van der Waals surface area contributed by atoms with Gasteiger partial charge in [-0.1, -0.05) is 24.3 Å². The van der Waals surface area contributed by atoms with Crippen LogP contribution in [0.4, 0.5) is 0 Å². The van der Waals surface area contributed by atoms with Crippen LogP contribution in [0.25, 0.3) is 0 Å². The number of carboxylic acid groups (broad SMARTS) is 1. The van der Waals surface area contributed by atoms with Gasteiger partial charge in [-0.3, -0.25) is 4.79 Å². The molecule has 0 aromatic heterocycles. The van der Waals surface area contributed by atoms with Crippen molar-refractivity contribution < 1.29 is 19.4 Å². The van der Waals surface area contributed by atoms with E-state index in [2.05, 4.69) is 4.90 Å². The Morgan fingerprint density at radius 2 is 1.68 bits per heavy atom. The van der Waals surface area contributed by atoms with Crippen LogP contribution in [0.1, 0.15) is 46.8 Å². The zero-order valence-electron chi connectivity index (χ0n) is 19.1. The van der Waals surface area contributed by atoms with E-state index in [1.54, 1.807) is 25.6 Å². The lowest BCUT2D eigenvalue weighted by molar-refractivity contribution is -0.152. The van der Waals surface area contributed by atoms with Gasteiger partial charge >= 0.3 is 5.97 Å². The molecule has 0 unspecified atom stereocenters. The summed E-state index contributed by atoms with van der Waals surface area (Å²) >= 11 is 1.66. The van der Waals surface area contributed by atoms with Gasteiger partial charge < -0.3 is 14.7 Å². The van der Waals surface area contributed by atoms with E-state index in [1.807, 2.05) is 63.5 Å². The van der Waals surface area contributed by atoms with Crippen LogP contribution in [-0.2, 0) is 4.79 Å². The van der Waals surface area contributed by atoms with Gasteiger partial charge in [-0.2, -0.15) is 0 Å². The van der Waals surface area contributed by atoms with E-state index >= 15 is 0 Å². The molecule has 3 rings (SSSR count). The number of ether oxygens (including phenoxy) is 1. The number of hydrogen-bond donors (Lipinski definition) is 1. The average molecular weight is 442 g/mol. The number of nitrogens with zero attached hydrogens (tertiary/aromatic N) is 1.